The Labute approximate surface area is 104 Å². The number of methoxy groups -OCH3 is 1. The molecule has 0 fully saturated rings. The van der Waals surface area contributed by atoms with E-state index in [0.717, 1.165) is 22.2 Å². The molecule has 1 aromatic heterocycles. The van der Waals surface area contributed by atoms with Crippen molar-refractivity contribution in [3.63, 3.8) is 0 Å². The van der Waals surface area contributed by atoms with Crippen molar-refractivity contribution in [2.45, 2.75) is 5.12 Å². The highest BCUT2D eigenvalue weighted by atomic mass is 32.1. The summed E-state index contributed by atoms with van der Waals surface area (Å²) in [6.45, 7) is 0. The van der Waals surface area contributed by atoms with E-state index in [0.29, 0.717) is 0 Å². The topological polar surface area (TPSA) is 31.4 Å². The lowest BCUT2D eigenvalue weighted by molar-refractivity contribution is -0.0469. The molecule has 0 spiro atoms. The summed E-state index contributed by atoms with van der Waals surface area (Å²) in [5.74, 6) is 0.732. The quantitative estimate of drug-likeness (QED) is 0.619. The van der Waals surface area contributed by atoms with Gasteiger partial charge in [-0.3, -0.25) is 4.98 Å². The van der Waals surface area contributed by atoms with E-state index in [1.54, 1.807) is 19.4 Å². The largest absolute Gasteiger partial charge is 0.449 e. The van der Waals surface area contributed by atoms with E-state index in [4.69, 9.17) is 9.47 Å². The summed E-state index contributed by atoms with van der Waals surface area (Å²) >= 11 is 4.32. The van der Waals surface area contributed by atoms with Crippen molar-refractivity contribution in [3.05, 3.63) is 42.1 Å². The van der Waals surface area contributed by atoms with Crippen LogP contribution < -0.4 is 4.74 Å². The first-order chi connectivity index (χ1) is 8.20. The molecule has 86 valence electrons. The predicted molar refractivity (Wildman–Crippen MR) is 70.1 cm³/mol. The zero-order valence-corrected chi connectivity index (χ0v) is 10.1. The average molecular weight is 245 g/mol. The Balaban J connectivity index is 2.17. The molecule has 1 atom stereocenters. The minimum atomic E-state index is -0.991. The molecule has 0 saturated heterocycles. The summed E-state index contributed by atoms with van der Waals surface area (Å²) in [5.41, 5.74) is 1.90. The number of hydrogen-bond donors (Lipinski definition) is 1. The first-order valence-electron chi connectivity index (χ1n) is 5.25. The van der Waals surface area contributed by atoms with Crippen molar-refractivity contribution < 1.29 is 9.47 Å². The highest BCUT2D eigenvalue weighted by Crippen LogP contribution is 2.35. The molecule has 1 aromatic carbocycles. The number of aromatic nitrogens is 1. The maximum Gasteiger partial charge on any atom is 0.277 e. The summed E-state index contributed by atoms with van der Waals surface area (Å²) in [4.78, 5) is 4.29. The van der Waals surface area contributed by atoms with Gasteiger partial charge in [0.2, 0.25) is 0 Å². The Hall–Kier alpha value is -1.52. The van der Waals surface area contributed by atoms with Gasteiger partial charge >= 0.3 is 0 Å². The van der Waals surface area contributed by atoms with Gasteiger partial charge < -0.3 is 9.47 Å². The van der Waals surface area contributed by atoms with Crippen LogP contribution in [0.5, 0.6) is 5.75 Å². The number of ether oxygens (including phenoxy) is 2. The van der Waals surface area contributed by atoms with Crippen molar-refractivity contribution in [1.82, 2.24) is 4.98 Å². The van der Waals surface area contributed by atoms with Gasteiger partial charge in [-0.15, -0.1) is 0 Å². The molecule has 2 aromatic rings. The molecular weight excluding hydrogens is 234 g/mol. The lowest BCUT2D eigenvalue weighted by atomic mass is 10.1. The molecule has 0 bridgehead atoms. The van der Waals surface area contributed by atoms with E-state index < -0.39 is 5.12 Å². The second-order valence-electron chi connectivity index (χ2n) is 3.86. The van der Waals surface area contributed by atoms with Crippen LogP contribution in [0.4, 0.5) is 0 Å². The van der Waals surface area contributed by atoms with Crippen LogP contribution in [0, 0.1) is 0 Å². The molecule has 3 nitrogen and oxygen atoms in total. The maximum absolute atomic E-state index is 5.69. The fraction of sp³-hybridized carbons (Fsp3) is 0.154. The van der Waals surface area contributed by atoms with Crippen molar-refractivity contribution in [3.8, 4) is 5.75 Å². The van der Waals surface area contributed by atoms with Crippen LogP contribution in [-0.4, -0.2) is 17.2 Å². The Morgan fingerprint density at radius 2 is 2.29 bits per heavy atom. The highest BCUT2D eigenvalue weighted by Gasteiger charge is 2.28. The van der Waals surface area contributed by atoms with Crippen LogP contribution in [0.1, 0.15) is 5.56 Å². The molecule has 0 saturated carbocycles. The van der Waals surface area contributed by atoms with E-state index in [9.17, 15) is 0 Å². The van der Waals surface area contributed by atoms with Crippen LogP contribution in [0.2, 0.25) is 0 Å². The summed E-state index contributed by atoms with van der Waals surface area (Å²) in [5, 5.41) is 0.0960. The van der Waals surface area contributed by atoms with E-state index in [1.807, 2.05) is 30.3 Å². The first kappa shape index (κ1) is 10.6. The molecule has 4 heteroatoms. The van der Waals surface area contributed by atoms with Crippen LogP contribution in [0.25, 0.3) is 17.0 Å². The number of nitrogens with zero attached hydrogens (tertiary/aromatic N) is 1. The smallest absolute Gasteiger partial charge is 0.277 e. The molecule has 1 aliphatic heterocycles. The van der Waals surface area contributed by atoms with Crippen LogP contribution in [0.3, 0.4) is 0 Å². The number of hydrogen-bond acceptors (Lipinski definition) is 4. The van der Waals surface area contributed by atoms with E-state index in [-0.39, 0.29) is 0 Å². The number of fused-ring (bicyclic) bond motifs is 2. The number of benzene rings is 1. The van der Waals surface area contributed by atoms with E-state index in [1.165, 1.54) is 0 Å². The summed E-state index contributed by atoms with van der Waals surface area (Å²) in [7, 11) is 1.56. The third-order valence-corrected chi connectivity index (χ3v) is 3.18. The number of thiol groups is 1. The first-order valence-corrected chi connectivity index (χ1v) is 5.69. The zero-order chi connectivity index (χ0) is 11.9. The fourth-order valence-electron chi connectivity index (χ4n) is 1.83. The van der Waals surface area contributed by atoms with Crippen LogP contribution >= 0.6 is 12.6 Å². The molecule has 0 N–H and O–H groups in total. The van der Waals surface area contributed by atoms with Gasteiger partial charge in [-0.25, -0.2) is 0 Å². The standard InChI is InChI=1S/C13H11NO2S/c1-15-13(17)5-4-10-7-9-3-2-6-14-11(9)8-12(10)16-13/h2-8,17H,1H3. The van der Waals surface area contributed by atoms with E-state index in [2.05, 4.69) is 17.6 Å². The van der Waals surface area contributed by atoms with Crippen molar-refractivity contribution in [2.24, 2.45) is 0 Å². The summed E-state index contributed by atoms with van der Waals surface area (Å²) in [6, 6.07) is 7.88. The van der Waals surface area contributed by atoms with Crippen LogP contribution in [-0.2, 0) is 4.74 Å². The molecule has 3 rings (SSSR count). The predicted octanol–water partition coefficient (Wildman–Crippen LogP) is 2.87. The van der Waals surface area contributed by atoms with Gasteiger partial charge in [-0.1, -0.05) is 18.7 Å². The summed E-state index contributed by atoms with van der Waals surface area (Å²) in [6.07, 6.45) is 5.49. The number of rotatable bonds is 1. The lowest BCUT2D eigenvalue weighted by Gasteiger charge is -2.28. The molecule has 1 unspecified atom stereocenters. The highest BCUT2D eigenvalue weighted by molar-refractivity contribution is 7.81. The molecule has 17 heavy (non-hydrogen) atoms. The molecule has 0 aliphatic carbocycles. The van der Waals surface area contributed by atoms with Crippen molar-refractivity contribution >= 4 is 29.6 Å². The minimum absolute atomic E-state index is 0.732. The second-order valence-corrected chi connectivity index (χ2v) is 4.48. The normalized spacial score (nSPS) is 22.2. The molecular formula is C13H11NO2S. The average Bonchev–Trinajstić information content (AvgIpc) is 2.36. The maximum atomic E-state index is 5.69. The van der Waals surface area contributed by atoms with E-state index >= 15 is 0 Å². The SMILES string of the molecule is COC1(S)C=Cc2cc3cccnc3cc2O1. The minimum Gasteiger partial charge on any atom is -0.449 e. The van der Waals surface area contributed by atoms with Crippen molar-refractivity contribution in [1.29, 1.82) is 0 Å². The van der Waals surface area contributed by atoms with Gasteiger partial charge in [0.1, 0.15) is 5.75 Å². The Morgan fingerprint density at radius 1 is 1.41 bits per heavy atom. The van der Waals surface area contributed by atoms with Gasteiger partial charge in [0.05, 0.1) is 5.52 Å². The Morgan fingerprint density at radius 3 is 3.12 bits per heavy atom. The van der Waals surface area contributed by atoms with Gasteiger partial charge in [0.25, 0.3) is 5.12 Å². The van der Waals surface area contributed by atoms with Gasteiger partial charge in [0.15, 0.2) is 0 Å². The van der Waals surface area contributed by atoms with Gasteiger partial charge in [-0.2, -0.15) is 0 Å². The zero-order valence-electron chi connectivity index (χ0n) is 9.25. The third kappa shape index (κ3) is 1.79. The molecule has 0 amide bonds. The Kier molecular flexibility index (Phi) is 2.34. The molecule has 0 radical (unpaired) electrons. The Bertz CT molecular complexity index is 611. The summed E-state index contributed by atoms with van der Waals surface area (Å²) < 4.78 is 10.9. The lowest BCUT2D eigenvalue weighted by Crippen LogP contribution is -2.31. The van der Waals surface area contributed by atoms with Crippen molar-refractivity contribution in [2.75, 3.05) is 7.11 Å². The van der Waals surface area contributed by atoms with Crippen LogP contribution in [0.15, 0.2) is 36.5 Å². The third-order valence-electron chi connectivity index (χ3n) is 2.76. The second kappa shape index (κ2) is 3.75. The number of pyridine rings is 1. The molecule has 2 heterocycles. The van der Waals surface area contributed by atoms with Gasteiger partial charge in [0, 0.05) is 30.3 Å². The fourth-order valence-corrected chi connectivity index (χ4v) is 2.01. The molecule has 1 aliphatic rings. The monoisotopic (exact) mass is 245 g/mol. The van der Waals surface area contributed by atoms with Gasteiger partial charge in [-0.05, 0) is 24.3 Å².